The zero-order valence-electron chi connectivity index (χ0n) is 12.8. The standard InChI is InChI=1S/C18H27NO/c1-15(2)14-18(20)19-12-10-17(11-13-19)9-8-16-6-4-3-5-7-16/h3-7,15,17H,8-14H2,1-2H3. The highest BCUT2D eigenvalue weighted by atomic mass is 16.2. The van der Waals surface area contributed by atoms with Crippen LogP contribution in [0.15, 0.2) is 30.3 Å². The highest BCUT2D eigenvalue weighted by molar-refractivity contribution is 5.76. The summed E-state index contributed by atoms with van der Waals surface area (Å²) >= 11 is 0. The van der Waals surface area contributed by atoms with E-state index in [4.69, 9.17) is 0 Å². The van der Waals surface area contributed by atoms with E-state index in [0.29, 0.717) is 18.2 Å². The van der Waals surface area contributed by atoms with Gasteiger partial charge in [0.2, 0.25) is 5.91 Å². The van der Waals surface area contributed by atoms with Crippen LogP contribution in [0.3, 0.4) is 0 Å². The third kappa shape index (κ3) is 4.66. The van der Waals surface area contributed by atoms with Gasteiger partial charge in [-0.1, -0.05) is 44.2 Å². The smallest absolute Gasteiger partial charge is 0.222 e. The molecule has 1 fully saturated rings. The van der Waals surface area contributed by atoms with Crippen LogP contribution in [0.5, 0.6) is 0 Å². The highest BCUT2D eigenvalue weighted by Crippen LogP contribution is 2.23. The average Bonchev–Trinajstić information content (AvgIpc) is 2.46. The summed E-state index contributed by atoms with van der Waals surface area (Å²) in [5.74, 6) is 1.61. The van der Waals surface area contributed by atoms with Crippen LogP contribution in [-0.4, -0.2) is 23.9 Å². The first kappa shape index (κ1) is 15.1. The highest BCUT2D eigenvalue weighted by Gasteiger charge is 2.22. The molecule has 1 saturated heterocycles. The molecule has 0 aromatic heterocycles. The van der Waals surface area contributed by atoms with Crippen LogP contribution in [0.1, 0.15) is 45.1 Å². The molecule has 0 aliphatic carbocycles. The monoisotopic (exact) mass is 273 g/mol. The molecule has 1 aromatic rings. The molecule has 0 unspecified atom stereocenters. The number of amides is 1. The van der Waals surface area contributed by atoms with Crippen molar-refractivity contribution in [1.29, 1.82) is 0 Å². The summed E-state index contributed by atoms with van der Waals surface area (Å²) in [5.41, 5.74) is 1.44. The van der Waals surface area contributed by atoms with Gasteiger partial charge in [-0.3, -0.25) is 4.79 Å². The van der Waals surface area contributed by atoms with E-state index in [9.17, 15) is 4.79 Å². The van der Waals surface area contributed by atoms with Crippen LogP contribution in [0.4, 0.5) is 0 Å². The van der Waals surface area contributed by atoms with Crippen LogP contribution in [-0.2, 0) is 11.2 Å². The Morgan fingerprint density at radius 3 is 2.45 bits per heavy atom. The number of hydrogen-bond acceptors (Lipinski definition) is 1. The van der Waals surface area contributed by atoms with Gasteiger partial charge in [-0.15, -0.1) is 0 Å². The lowest BCUT2D eigenvalue weighted by atomic mass is 9.90. The Kier molecular flexibility index (Phi) is 5.63. The van der Waals surface area contributed by atoms with Gasteiger partial charge in [-0.2, -0.15) is 0 Å². The molecule has 0 bridgehead atoms. The van der Waals surface area contributed by atoms with Crippen LogP contribution in [0.2, 0.25) is 0 Å². The fourth-order valence-electron chi connectivity index (χ4n) is 2.96. The van der Waals surface area contributed by atoms with E-state index < -0.39 is 0 Å². The van der Waals surface area contributed by atoms with E-state index in [0.717, 1.165) is 19.0 Å². The number of carbonyl (C=O) groups is 1. The second-order valence-electron chi connectivity index (χ2n) is 6.45. The number of piperidine rings is 1. The summed E-state index contributed by atoms with van der Waals surface area (Å²) < 4.78 is 0. The fourth-order valence-corrected chi connectivity index (χ4v) is 2.96. The Labute approximate surface area is 123 Å². The third-order valence-electron chi connectivity index (χ3n) is 4.23. The van der Waals surface area contributed by atoms with Gasteiger partial charge in [0.15, 0.2) is 0 Å². The van der Waals surface area contributed by atoms with Crippen LogP contribution >= 0.6 is 0 Å². The molecule has 1 aliphatic heterocycles. The summed E-state index contributed by atoms with van der Waals surface area (Å²) in [6.07, 6.45) is 5.49. The molecule has 0 radical (unpaired) electrons. The molecular formula is C18H27NO. The normalized spacial score (nSPS) is 16.6. The van der Waals surface area contributed by atoms with Crippen molar-refractivity contribution in [2.45, 2.75) is 46.0 Å². The van der Waals surface area contributed by atoms with Crippen molar-refractivity contribution in [3.63, 3.8) is 0 Å². The lowest BCUT2D eigenvalue weighted by molar-refractivity contribution is -0.133. The number of likely N-dealkylation sites (tertiary alicyclic amines) is 1. The van der Waals surface area contributed by atoms with Gasteiger partial charge in [-0.25, -0.2) is 0 Å². The molecule has 0 N–H and O–H groups in total. The number of hydrogen-bond donors (Lipinski definition) is 0. The number of aryl methyl sites for hydroxylation is 1. The zero-order chi connectivity index (χ0) is 14.4. The number of carbonyl (C=O) groups excluding carboxylic acids is 1. The summed E-state index contributed by atoms with van der Waals surface area (Å²) in [6.45, 7) is 6.16. The third-order valence-corrected chi connectivity index (χ3v) is 4.23. The topological polar surface area (TPSA) is 20.3 Å². The maximum Gasteiger partial charge on any atom is 0.222 e. The Bertz CT molecular complexity index is 405. The van der Waals surface area contributed by atoms with E-state index in [-0.39, 0.29) is 0 Å². The van der Waals surface area contributed by atoms with E-state index >= 15 is 0 Å². The van der Waals surface area contributed by atoms with Crippen molar-refractivity contribution in [3.8, 4) is 0 Å². The minimum atomic E-state index is 0.349. The maximum absolute atomic E-state index is 12.0. The van der Waals surface area contributed by atoms with Gasteiger partial charge in [-0.05, 0) is 43.1 Å². The molecule has 0 atom stereocenters. The predicted molar refractivity (Wildman–Crippen MR) is 83.5 cm³/mol. The molecule has 1 heterocycles. The van der Waals surface area contributed by atoms with Gasteiger partial charge in [0.05, 0.1) is 0 Å². The first-order valence-electron chi connectivity index (χ1n) is 7.97. The van der Waals surface area contributed by atoms with Crippen LogP contribution in [0, 0.1) is 11.8 Å². The molecule has 2 nitrogen and oxygen atoms in total. The first-order valence-corrected chi connectivity index (χ1v) is 7.97. The molecule has 0 spiro atoms. The molecule has 2 heteroatoms. The summed E-state index contributed by atoms with van der Waals surface area (Å²) in [7, 11) is 0. The maximum atomic E-state index is 12.0. The van der Waals surface area contributed by atoms with Crippen molar-refractivity contribution >= 4 is 5.91 Å². The predicted octanol–water partition coefficient (Wildman–Crippen LogP) is 3.90. The second-order valence-corrected chi connectivity index (χ2v) is 6.45. The molecule has 1 amide bonds. The summed E-state index contributed by atoms with van der Waals surface area (Å²) in [4.78, 5) is 14.1. The van der Waals surface area contributed by atoms with E-state index in [1.54, 1.807) is 0 Å². The Balaban J connectivity index is 1.70. The summed E-state index contributed by atoms with van der Waals surface area (Å²) in [5, 5.41) is 0. The van der Waals surface area contributed by atoms with Crippen molar-refractivity contribution in [1.82, 2.24) is 4.90 Å². The minimum absolute atomic E-state index is 0.349. The number of benzene rings is 1. The number of rotatable bonds is 5. The number of nitrogens with zero attached hydrogens (tertiary/aromatic N) is 1. The van der Waals surface area contributed by atoms with Gasteiger partial charge in [0, 0.05) is 19.5 Å². The van der Waals surface area contributed by atoms with Crippen molar-refractivity contribution in [2.75, 3.05) is 13.1 Å². The molecular weight excluding hydrogens is 246 g/mol. The van der Waals surface area contributed by atoms with Crippen LogP contribution in [0.25, 0.3) is 0 Å². The van der Waals surface area contributed by atoms with Gasteiger partial charge < -0.3 is 4.90 Å². The first-order chi connectivity index (χ1) is 9.65. The Hall–Kier alpha value is -1.31. The molecule has 1 aromatic carbocycles. The largest absolute Gasteiger partial charge is 0.343 e. The minimum Gasteiger partial charge on any atom is -0.343 e. The van der Waals surface area contributed by atoms with Crippen molar-refractivity contribution in [2.24, 2.45) is 11.8 Å². The molecule has 2 rings (SSSR count). The lowest BCUT2D eigenvalue weighted by Gasteiger charge is -2.32. The second kappa shape index (κ2) is 7.47. The van der Waals surface area contributed by atoms with Gasteiger partial charge >= 0.3 is 0 Å². The van der Waals surface area contributed by atoms with Gasteiger partial charge in [0.25, 0.3) is 0 Å². The average molecular weight is 273 g/mol. The van der Waals surface area contributed by atoms with Gasteiger partial charge in [0.1, 0.15) is 0 Å². The van der Waals surface area contributed by atoms with Crippen LogP contribution < -0.4 is 0 Å². The molecule has 20 heavy (non-hydrogen) atoms. The molecule has 110 valence electrons. The Morgan fingerprint density at radius 1 is 1.20 bits per heavy atom. The summed E-state index contributed by atoms with van der Waals surface area (Å²) in [6, 6.07) is 10.7. The molecule has 1 aliphatic rings. The molecule has 0 saturated carbocycles. The van der Waals surface area contributed by atoms with Crippen molar-refractivity contribution < 1.29 is 4.79 Å². The SMILES string of the molecule is CC(C)CC(=O)N1CCC(CCc2ccccc2)CC1. The zero-order valence-corrected chi connectivity index (χ0v) is 12.8. The van der Waals surface area contributed by atoms with E-state index in [2.05, 4.69) is 49.1 Å². The Morgan fingerprint density at radius 2 is 1.85 bits per heavy atom. The quantitative estimate of drug-likeness (QED) is 0.796. The lowest BCUT2D eigenvalue weighted by Crippen LogP contribution is -2.39. The van der Waals surface area contributed by atoms with E-state index in [1.165, 1.54) is 31.2 Å². The van der Waals surface area contributed by atoms with Crippen molar-refractivity contribution in [3.05, 3.63) is 35.9 Å². The van der Waals surface area contributed by atoms with E-state index in [1.807, 2.05) is 0 Å². The fraction of sp³-hybridized carbons (Fsp3) is 0.611.